The molecule has 3 aromatic rings. The summed E-state index contributed by atoms with van der Waals surface area (Å²) in [4.78, 5) is 6.07. The molecule has 2 heterocycles. The first-order valence-electron chi connectivity index (χ1n) is 8.71. The molecule has 27 heavy (non-hydrogen) atoms. The summed E-state index contributed by atoms with van der Waals surface area (Å²) in [5.74, 6) is 0.414. The Hall–Kier alpha value is -2.30. The number of rotatable bonds is 1. The van der Waals surface area contributed by atoms with E-state index in [-0.39, 0.29) is 17.0 Å². The zero-order chi connectivity index (χ0) is 18.4. The van der Waals surface area contributed by atoms with Gasteiger partial charge in [0.25, 0.3) is 0 Å². The number of nitrogens with zero attached hydrogens (tertiary/aromatic N) is 1. The maximum absolute atomic E-state index is 14.0. The Bertz CT molecular complexity index is 1050. The topological polar surface area (TPSA) is 21.6 Å². The molecule has 2 nitrogen and oxygen atoms in total. The van der Waals surface area contributed by atoms with E-state index in [1.807, 2.05) is 42.5 Å². The monoisotopic (exact) mass is 395 g/mol. The van der Waals surface area contributed by atoms with Crippen molar-refractivity contribution in [1.29, 1.82) is 0 Å². The van der Waals surface area contributed by atoms with Crippen LogP contribution in [0.5, 0.6) is 5.75 Å². The number of hydrogen-bond acceptors (Lipinski definition) is 3. The Kier molecular flexibility index (Phi) is 4.18. The lowest BCUT2D eigenvalue weighted by atomic mass is 9.88. The van der Waals surface area contributed by atoms with E-state index < -0.39 is 0 Å². The molecule has 134 valence electrons. The van der Waals surface area contributed by atoms with Gasteiger partial charge in [0.15, 0.2) is 0 Å². The van der Waals surface area contributed by atoms with Crippen LogP contribution in [0.2, 0.25) is 5.02 Å². The van der Waals surface area contributed by atoms with Gasteiger partial charge in [-0.15, -0.1) is 11.8 Å². The molecule has 2 atom stereocenters. The van der Waals surface area contributed by atoms with Gasteiger partial charge >= 0.3 is 0 Å². The van der Waals surface area contributed by atoms with Gasteiger partial charge in [-0.2, -0.15) is 0 Å². The molecule has 0 fully saturated rings. The highest BCUT2D eigenvalue weighted by Crippen LogP contribution is 2.50. The molecule has 0 saturated heterocycles. The van der Waals surface area contributed by atoms with E-state index >= 15 is 0 Å². The van der Waals surface area contributed by atoms with Crippen LogP contribution in [-0.4, -0.2) is 12.3 Å². The first-order valence-corrected chi connectivity index (χ1v) is 9.97. The Labute approximate surface area is 166 Å². The third-order valence-corrected chi connectivity index (χ3v) is 6.62. The van der Waals surface area contributed by atoms with Crippen molar-refractivity contribution in [2.45, 2.75) is 10.1 Å². The molecule has 0 radical (unpaired) electrons. The summed E-state index contributed by atoms with van der Waals surface area (Å²) in [6.45, 7) is 0.506. The highest BCUT2D eigenvalue weighted by Gasteiger charge is 2.37. The van der Waals surface area contributed by atoms with E-state index in [0.29, 0.717) is 17.4 Å². The minimum atomic E-state index is -0.283. The van der Waals surface area contributed by atoms with Gasteiger partial charge in [-0.1, -0.05) is 35.9 Å². The molecule has 2 aliphatic rings. The van der Waals surface area contributed by atoms with Crippen LogP contribution in [0.25, 0.3) is 0 Å². The number of hydrogen-bond donors (Lipinski definition) is 0. The second-order valence-corrected chi connectivity index (χ2v) is 8.23. The fourth-order valence-electron chi connectivity index (χ4n) is 3.61. The molecular formula is C22H15ClFNOS. The van der Waals surface area contributed by atoms with Crippen molar-refractivity contribution in [3.05, 3.63) is 88.7 Å². The Balaban J connectivity index is 1.71. The Morgan fingerprint density at radius 2 is 1.85 bits per heavy atom. The summed E-state index contributed by atoms with van der Waals surface area (Å²) in [7, 11) is 0. The smallest absolute Gasteiger partial charge is 0.128 e. The number of para-hydroxylation sites is 1. The van der Waals surface area contributed by atoms with Crippen LogP contribution in [0.1, 0.15) is 16.4 Å². The lowest BCUT2D eigenvalue weighted by Crippen LogP contribution is -2.32. The van der Waals surface area contributed by atoms with E-state index in [9.17, 15) is 4.39 Å². The fourth-order valence-corrected chi connectivity index (χ4v) is 5.07. The first kappa shape index (κ1) is 16.8. The van der Waals surface area contributed by atoms with Crippen molar-refractivity contribution in [3.63, 3.8) is 0 Å². The number of fused-ring (bicyclic) bond motifs is 4. The average molecular weight is 396 g/mol. The molecule has 0 amide bonds. The predicted octanol–water partition coefficient (Wildman–Crippen LogP) is 6.46. The highest BCUT2D eigenvalue weighted by molar-refractivity contribution is 7.99. The lowest BCUT2D eigenvalue weighted by Gasteiger charge is -2.31. The molecule has 0 unspecified atom stereocenters. The Morgan fingerprint density at radius 3 is 2.70 bits per heavy atom. The van der Waals surface area contributed by atoms with Crippen LogP contribution in [-0.2, 0) is 0 Å². The van der Waals surface area contributed by atoms with Crippen molar-refractivity contribution in [2.75, 3.05) is 6.61 Å². The number of aliphatic imine (C=N–C) groups is 1. The molecule has 5 rings (SSSR count). The van der Waals surface area contributed by atoms with Crippen LogP contribution in [0, 0.1) is 11.7 Å². The zero-order valence-electron chi connectivity index (χ0n) is 14.2. The maximum Gasteiger partial charge on any atom is 0.128 e. The predicted molar refractivity (Wildman–Crippen MR) is 108 cm³/mol. The summed E-state index contributed by atoms with van der Waals surface area (Å²) >= 11 is 7.86. The quantitative estimate of drug-likeness (QED) is 0.471. The van der Waals surface area contributed by atoms with E-state index in [1.54, 1.807) is 17.8 Å². The maximum atomic E-state index is 14.0. The van der Waals surface area contributed by atoms with Crippen LogP contribution in [0.3, 0.4) is 0 Å². The standard InChI is InChI=1S/C22H15ClFNOS/c23-14-7-5-13(6-8-14)22-17-12-26-19-10-9-15(24)11-16(19)21(17)25-18-3-1-2-4-20(18)27-22/h1-11,17,22H,12H2/t17-,22-/m0/s1. The number of thioether (sulfide) groups is 1. The average Bonchev–Trinajstić information content (AvgIpc) is 2.85. The highest BCUT2D eigenvalue weighted by atomic mass is 35.5. The van der Waals surface area contributed by atoms with E-state index in [0.717, 1.165) is 27.4 Å². The van der Waals surface area contributed by atoms with Gasteiger partial charge in [0.2, 0.25) is 0 Å². The summed E-state index contributed by atoms with van der Waals surface area (Å²) in [6, 6.07) is 20.6. The van der Waals surface area contributed by atoms with Crippen molar-refractivity contribution in [1.82, 2.24) is 0 Å². The lowest BCUT2D eigenvalue weighted by molar-refractivity contribution is 0.271. The van der Waals surface area contributed by atoms with Gasteiger partial charge in [0.05, 0.1) is 23.9 Å². The summed E-state index contributed by atoms with van der Waals surface area (Å²) in [6.07, 6.45) is 0. The largest absolute Gasteiger partial charge is 0.492 e. The fraction of sp³-hybridized carbons (Fsp3) is 0.136. The molecule has 5 heteroatoms. The van der Waals surface area contributed by atoms with Crippen LogP contribution >= 0.6 is 23.4 Å². The molecule has 0 spiro atoms. The molecule has 3 aromatic carbocycles. The molecular weight excluding hydrogens is 381 g/mol. The third-order valence-electron chi connectivity index (χ3n) is 4.91. The van der Waals surface area contributed by atoms with E-state index in [1.165, 1.54) is 12.1 Å². The number of benzene rings is 3. The second kappa shape index (κ2) is 6.70. The van der Waals surface area contributed by atoms with Gasteiger partial charge in [-0.05, 0) is 48.0 Å². The normalized spacial score (nSPS) is 20.4. The Morgan fingerprint density at radius 1 is 1.04 bits per heavy atom. The first-order chi connectivity index (χ1) is 13.2. The van der Waals surface area contributed by atoms with Gasteiger partial charge in [0.1, 0.15) is 11.6 Å². The molecule has 0 saturated carbocycles. The zero-order valence-corrected chi connectivity index (χ0v) is 15.8. The van der Waals surface area contributed by atoms with Crippen molar-refractivity contribution in [2.24, 2.45) is 10.9 Å². The minimum Gasteiger partial charge on any atom is -0.492 e. The summed E-state index contributed by atoms with van der Waals surface area (Å²) < 4.78 is 20.0. The van der Waals surface area contributed by atoms with Crippen molar-refractivity contribution in [3.8, 4) is 5.75 Å². The van der Waals surface area contributed by atoms with Crippen LogP contribution in [0.15, 0.2) is 76.6 Å². The molecule has 2 aliphatic heterocycles. The van der Waals surface area contributed by atoms with Crippen LogP contribution in [0.4, 0.5) is 10.1 Å². The second-order valence-electron chi connectivity index (χ2n) is 6.61. The number of halogens is 2. The molecule has 0 N–H and O–H groups in total. The van der Waals surface area contributed by atoms with E-state index in [2.05, 4.69) is 6.07 Å². The molecule has 0 aliphatic carbocycles. The van der Waals surface area contributed by atoms with Gasteiger partial charge in [0, 0.05) is 20.7 Å². The number of ether oxygens (including phenoxy) is 1. The molecule has 0 bridgehead atoms. The van der Waals surface area contributed by atoms with Crippen molar-refractivity contribution >= 4 is 34.8 Å². The van der Waals surface area contributed by atoms with Crippen LogP contribution < -0.4 is 4.74 Å². The van der Waals surface area contributed by atoms with E-state index in [4.69, 9.17) is 21.3 Å². The minimum absolute atomic E-state index is 0.0119. The van der Waals surface area contributed by atoms with Crippen molar-refractivity contribution < 1.29 is 9.13 Å². The van der Waals surface area contributed by atoms with Gasteiger partial charge in [-0.3, -0.25) is 4.99 Å². The summed E-state index contributed by atoms with van der Waals surface area (Å²) in [5, 5.41) is 0.806. The summed E-state index contributed by atoms with van der Waals surface area (Å²) in [5.41, 5.74) is 3.69. The third kappa shape index (κ3) is 3.03. The SMILES string of the molecule is Fc1ccc2c(c1)C1=Nc3ccccc3S[C@@H](c3ccc(Cl)cc3)[C@H]1CO2. The van der Waals surface area contributed by atoms with Gasteiger partial charge in [-0.25, -0.2) is 4.39 Å². The molecule has 0 aromatic heterocycles. The van der Waals surface area contributed by atoms with Gasteiger partial charge < -0.3 is 4.74 Å².